The fraction of sp³-hybridized carbons (Fsp3) is 0.100. The molecule has 1 aromatic carbocycles. The third kappa shape index (κ3) is 3.62. The summed E-state index contributed by atoms with van der Waals surface area (Å²) in [4.78, 5) is 21.3. The second-order valence-electron chi connectivity index (χ2n) is 6.06. The van der Waals surface area contributed by atoms with Gasteiger partial charge in [0.1, 0.15) is 18.2 Å². The van der Waals surface area contributed by atoms with Crippen molar-refractivity contribution < 1.29 is 4.79 Å². The van der Waals surface area contributed by atoms with Gasteiger partial charge in [-0.2, -0.15) is 9.78 Å². The number of imidazole rings is 1. The molecule has 134 valence electrons. The van der Waals surface area contributed by atoms with Crippen molar-refractivity contribution in [2.24, 2.45) is 0 Å². The van der Waals surface area contributed by atoms with E-state index in [-0.39, 0.29) is 12.5 Å². The van der Waals surface area contributed by atoms with Gasteiger partial charge in [0.15, 0.2) is 5.82 Å². The Labute approximate surface area is 156 Å². The minimum Gasteiger partial charge on any atom is -0.322 e. The Kier molecular flexibility index (Phi) is 4.49. The number of nitrogens with one attached hydrogen (secondary N) is 1. The van der Waals surface area contributed by atoms with E-state index in [0.717, 1.165) is 17.1 Å². The largest absolute Gasteiger partial charge is 0.322 e. The molecule has 0 unspecified atom stereocenters. The van der Waals surface area contributed by atoms with Crippen molar-refractivity contribution in [2.75, 3.05) is 5.32 Å². The molecule has 4 rings (SSSR count). The lowest BCUT2D eigenvalue weighted by Gasteiger charge is -2.10. The van der Waals surface area contributed by atoms with Crippen molar-refractivity contribution >= 4 is 11.7 Å². The van der Waals surface area contributed by atoms with E-state index in [1.807, 2.05) is 66.1 Å². The number of amides is 1. The Hall–Kier alpha value is -3.74. The highest BCUT2D eigenvalue weighted by molar-refractivity contribution is 5.90. The second kappa shape index (κ2) is 7.25. The molecule has 1 amide bonds. The highest BCUT2D eigenvalue weighted by atomic mass is 16.2. The first kappa shape index (κ1) is 16.7. The average molecular weight is 358 g/mol. The molecular weight excluding hydrogens is 340 g/mol. The Balaban J connectivity index is 1.55. The molecule has 4 aromatic rings. The Morgan fingerprint density at radius 1 is 1.04 bits per heavy atom. The molecule has 7 heteroatoms. The first-order valence-corrected chi connectivity index (χ1v) is 8.55. The van der Waals surface area contributed by atoms with Gasteiger partial charge in [0.05, 0.1) is 5.69 Å². The van der Waals surface area contributed by atoms with Crippen molar-refractivity contribution in [3.63, 3.8) is 0 Å². The molecule has 27 heavy (non-hydrogen) atoms. The number of pyridine rings is 1. The van der Waals surface area contributed by atoms with Gasteiger partial charge in [-0.1, -0.05) is 36.4 Å². The zero-order chi connectivity index (χ0) is 18.6. The summed E-state index contributed by atoms with van der Waals surface area (Å²) in [6.45, 7) is 2.02. The van der Waals surface area contributed by atoms with Gasteiger partial charge in [-0.05, 0) is 19.1 Å². The smallest absolute Gasteiger partial charge is 0.245 e. The molecule has 1 N–H and O–H groups in total. The predicted molar refractivity (Wildman–Crippen MR) is 102 cm³/mol. The molecule has 0 radical (unpaired) electrons. The standard InChI is InChI=1S/C20H18N6O/c1-15-13-18(26(24-15)17-9-5-6-10-21-17)23-19(27)14-25-12-11-22-20(25)16-7-3-2-4-8-16/h2-13H,14H2,1H3,(H,23,27). The van der Waals surface area contributed by atoms with Gasteiger partial charge in [-0.3, -0.25) is 4.79 Å². The number of benzene rings is 1. The van der Waals surface area contributed by atoms with Crippen LogP contribution >= 0.6 is 0 Å². The number of carbonyl (C=O) groups is 1. The topological polar surface area (TPSA) is 77.6 Å². The van der Waals surface area contributed by atoms with E-state index in [0.29, 0.717) is 11.6 Å². The molecule has 0 bridgehead atoms. The van der Waals surface area contributed by atoms with Crippen LogP contribution < -0.4 is 5.32 Å². The maximum absolute atomic E-state index is 12.6. The zero-order valence-corrected chi connectivity index (χ0v) is 14.8. The summed E-state index contributed by atoms with van der Waals surface area (Å²) < 4.78 is 3.44. The van der Waals surface area contributed by atoms with Crippen LogP contribution in [0.15, 0.2) is 73.2 Å². The molecule has 0 saturated heterocycles. The lowest BCUT2D eigenvalue weighted by molar-refractivity contribution is -0.116. The van der Waals surface area contributed by atoms with E-state index >= 15 is 0 Å². The second-order valence-corrected chi connectivity index (χ2v) is 6.06. The number of aryl methyl sites for hydroxylation is 1. The van der Waals surface area contributed by atoms with Gasteiger partial charge in [0.2, 0.25) is 5.91 Å². The van der Waals surface area contributed by atoms with Gasteiger partial charge in [0, 0.05) is 30.2 Å². The highest BCUT2D eigenvalue weighted by Gasteiger charge is 2.14. The number of nitrogens with zero attached hydrogens (tertiary/aromatic N) is 5. The molecule has 0 aliphatic rings. The Morgan fingerprint density at radius 3 is 2.63 bits per heavy atom. The van der Waals surface area contributed by atoms with Crippen LogP contribution in [0.5, 0.6) is 0 Å². The maximum atomic E-state index is 12.6. The van der Waals surface area contributed by atoms with Crippen molar-refractivity contribution in [1.82, 2.24) is 24.3 Å². The molecule has 0 aliphatic carbocycles. The molecule has 0 spiro atoms. The third-order valence-corrected chi connectivity index (χ3v) is 4.03. The zero-order valence-electron chi connectivity index (χ0n) is 14.8. The number of anilines is 1. The summed E-state index contributed by atoms with van der Waals surface area (Å²) in [6.07, 6.45) is 5.18. The molecule has 0 saturated carbocycles. The summed E-state index contributed by atoms with van der Waals surface area (Å²) >= 11 is 0. The molecular formula is C20H18N6O. The lowest BCUT2D eigenvalue weighted by Crippen LogP contribution is -2.21. The van der Waals surface area contributed by atoms with Gasteiger partial charge in [-0.25, -0.2) is 9.97 Å². The monoisotopic (exact) mass is 358 g/mol. The summed E-state index contributed by atoms with van der Waals surface area (Å²) in [6, 6.07) is 17.2. The van der Waals surface area contributed by atoms with Crippen molar-refractivity contribution in [2.45, 2.75) is 13.5 Å². The SMILES string of the molecule is Cc1cc(NC(=O)Cn2ccnc2-c2ccccc2)n(-c2ccccn2)n1. The van der Waals surface area contributed by atoms with Gasteiger partial charge in [0.25, 0.3) is 0 Å². The van der Waals surface area contributed by atoms with E-state index < -0.39 is 0 Å². The summed E-state index contributed by atoms with van der Waals surface area (Å²) in [7, 11) is 0. The van der Waals surface area contributed by atoms with E-state index in [1.165, 1.54) is 0 Å². The minimum absolute atomic E-state index is 0.149. The van der Waals surface area contributed by atoms with Crippen LogP contribution in [-0.2, 0) is 11.3 Å². The third-order valence-electron chi connectivity index (χ3n) is 4.03. The number of hydrogen-bond acceptors (Lipinski definition) is 4. The van der Waals surface area contributed by atoms with Crippen LogP contribution in [0, 0.1) is 6.92 Å². The number of carbonyl (C=O) groups excluding carboxylic acids is 1. The molecule has 7 nitrogen and oxygen atoms in total. The maximum Gasteiger partial charge on any atom is 0.245 e. The van der Waals surface area contributed by atoms with Gasteiger partial charge >= 0.3 is 0 Å². The molecule has 0 atom stereocenters. The van der Waals surface area contributed by atoms with E-state index in [9.17, 15) is 4.79 Å². The molecule has 0 aliphatic heterocycles. The number of aromatic nitrogens is 5. The van der Waals surface area contributed by atoms with Crippen LogP contribution in [0.4, 0.5) is 5.82 Å². The van der Waals surface area contributed by atoms with Crippen molar-refractivity contribution in [3.8, 4) is 17.2 Å². The van der Waals surface area contributed by atoms with E-state index in [2.05, 4.69) is 20.4 Å². The first-order chi connectivity index (χ1) is 13.2. The highest BCUT2D eigenvalue weighted by Crippen LogP contribution is 2.18. The average Bonchev–Trinajstić information content (AvgIpc) is 3.29. The lowest BCUT2D eigenvalue weighted by atomic mass is 10.2. The van der Waals surface area contributed by atoms with Crippen LogP contribution in [-0.4, -0.2) is 30.2 Å². The summed E-state index contributed by atoms with van der Waals surface area (Å²) in [5.41, 5.74) is 1.76. The molecule has 3 aromatic heterocycles. The normalized spacial score (nSPS) is 10.7. The number of hydrogen-bond donors (Lipinski definition) is 1. The minimum atomic E-state index is -0.165. The summed E-state index contributed by atoms with van der Waals surface area (Å²) in [5, 5.41) is 7.34. The number of rotatable bonds is 5. The Morgan fingerprint density at radius 2 is 1.85 bits per heavy atom. The van der Waals surface area contributed by atoms with Crippen LogP contribution in [0.2, 0.25) is 0 Å². The first-order valence-electron chi connectivity index (χ1n) is 8.55. The quantitative estimate of drug-likeness (QED) is 0.595. The van der Waals surface area contributed by atoms with Crippen molar-refractivity contribution in [1.29, 1.82) is 0 Å². The molecule has 0 fully saturated rings. The van der Waals surface area contributed by atoms with E-state index in [4.69, 9.17) is 0 Å². The van der Waals surface area contributed by atoms with Crippen LogP contribution in [0.3, 0.4) is 0 Å². The van der Waals surface area contributed by atoms with Gasteiger partial charge < -0.3 is 9.88 Å². The molecule has 3 heterocycles. The fourth-order valence-corrected chi connectivity index (χ4v) is 2.86. The van der Waals surface area contributed by atoms with Crippen LogP contribution in [0.25, 0.3) is 17.2 Å². The van der Waals surface area contributed by atoms with Crippen LogP contribution in [0.1, 0.15) is 5.69 Å². The summed E-state index contributed by atoms with van der Waals surface area (Å²) in [5.74, 6) is 1.81. The fourth-order valence-electron chi connectivity index (χ4n) is 2.86. The predicted octanol–water partition coefficient (Wildman–Crippen LogP) is 3.08. The van der Waals surface area contributed by atoms with Gasteiger partial charge in [-0.15, -0.1) is 0 Å². The van der Waals surface area contributed by atoms with E-state index in [1.54, 1.807) is 23.3 Å². The Bertz CT molecular complexity index is 1050. The van der Waals surface area contributed by atoms with Crippen molar-refractivity contribution in [3.05, 3.63) is 78.9 Å².